The van der Waals surface area contributed by atoms with Crippen molar-refractivity contribution in [2.45, 2.75) is 43.9 Å². The van der Waals surface area contributed by atoms with Gasteiger partial charge in [0.25, 0.3) is 0 Å². The minimum Gasteiger partial charge on any atom is -0.320 e. The van der Waals surface area contributed by atoms with Crippen LogP contribution in [-0.2, 0) is 13.6 Å². The highest BCUT2D eigenvalue weighted by atomic mass is 32.2. The highest BCUT2D eigenvalue weighted by Crippen LogP contribution is 2.33. The van der Waals surface area contributed by atoms with Crippen LogP contribution in [0, 0.1) is 6.92 Å². The van der Waals surface area contributed by atoms with E-state index in [1.807, 2.05) is 37.9 Å². The Hall–Kier alpha value is -2.02. The molecule has 0 bridgehead atoms. The van der Waals surface area contributed by atoms with Gasteiger partial charge in [-0.05, 0) is 30.7 Å². The van der Waals surface area contributed by atoms with E-state index in [9.17, 15) is 4.79 Å². The third-order valence-electron chi connectivity index (χ3n) is 3.39. The SMILES string of the molecule is Cc1cc(SC(C)(C)C)ccc1NC(=O)N(C)Cc1ncnn1C. The Labute approximate surface area is 147 Å². The maximum absolute atomic E-state index is 12.4. The van der Waals surface area contributed by atoms with Crippen molar-refractivity contribution in [3.63, 3.8) is 0 Å². The molecule has 0 aliphatic rings. The zero-order valence-electron chi connectivity index (χ0n) is 15.1. The number of carbonyl (C=O) groups is 1. The minimum atomic E-state index is -0.169. The normalized spacial score (nSPS) is 11.4. The van der Waals surface area contributed by atoms with E-state index in [0.717, 1.165) is 17.1 Å². The first kappa shape index (κ1) is 18.3. The molecule has 0 saturated carbocycles. The molecule has 0 spiro atoms. The van der Waals surface area contributed by atoms with Gasteiger partial charge in [0.05, 0.1) is 6.54 Å². The van der Waals surface area contributed by atoms with E-state index in [-0.39, 0.29) is 10.8 Å². The summed E-state index contributed by atoms with van der Waals surface area (Å²) in [6.45, 7) is 8.96. The van der Waals surface area contributed by atoms with Gasteiger partial charge in [-0.1, -0.05) is 20.8 Å². The topological polar surface area (TPSA) is 63.1 Å². The van der Waals surface area contributed by atoms with Gasteiger partial charge in [-0.3, -0.25) is 4.68 Å². The number of thioether (sulfide) groups is 1. The second-order valence-electron chi connectivity index (χ2n) is 6.78. The van der Waals surface area contributed by atoms with Crippen molar-refractivity contribution >= 4 is 23.5 Å². The summed E-state index contributed by atoms with van der Waals surface area (Å²) in [5.41, 5.74) is 1.87. The summed E-state index contributed by atoms with van der Waals surface area (Å²) in [7, 11) is 3.55. The second-order valence-corrected chi connectivity index (χ2v) is 8.68. The number of amides is 2. The number of urea groups is 1. The van der Waals surface area contributed by atoms with Crippen molar-refractivity contribution in [1.29, 1.82) is 0 Å². The molecule has 1 N–H and O–H groups in total. The Balaban J connectivity index is 2.02. The van der Waals surface area contributed by atoms with Crippen LogP contribution < -0.4 is 5.32 Å². The molecule has 0 aliphatic heterocycles. The molecular weight excluding hydrogens is 322 g/mol. The number of hydrogen-bond acceptors (Lipinski definition) is 4. The van der Waals surface area contributed by atoms with Gasteiger partial charge in [0.1, 0.15) is 12.2 Å². The molecule has 6 nitrogen and oxygen atoms in total. The number of aryl methyl sites for hydroxylation is 2. The van der Waals surface area contributed by atoms with Crippen molar-refractivity contribution in [2.75, 3.05) is 12.4 Å². The quantitative estimate of drug-likeness (QED) is 0.857. The Morgan fingerprint density at radius 2 is 2.08 bits per heavy atom. The monoisotopic (exact) mass is 347 g/mol. The summed E-state index contributed by atoms with van der Waals surface area (Å²) in [4.78, 5) is 19.3. The van der Waals surface area contributed by atoms with Crippen molar-refractivity contribution in [2.24, 2.45) is 7.05 Å². The molecule has 2 rings (SSSR count). The molecule has 0 fully saturated rings. The van der Waals surface area contributed by atoms with Gasteiger partial charge in [-0.25, -0.2) is 9.78 Å². The van der Waals surface area contributed by atoms with E-state index in [2.05, 4.69) is 42.2 Å². The largest absolute Gasteiger partial charge is 0.321 e. The molecule has 0 unspecified atom stereocenters. The zero-order chi connectivity index (χ0) is 17.9. The maximum atomic E-state index is 12.4. The summed E-state index contributed by atoms with van der Waals surface area (Å²) in [6, 6.07) is 5.93. The molecule has 0 saturated heterocycles. The summed E-state index contributed by atoms with van der Waals surface area (Å²) >= 11 is 1.81. The van der Waals surface area contributed by atoms with Crippen molar-refractivity contribution in [3.8, 4) is 0 Å². The van der Waals surface area contributed by atoms with Gasteiger partial charge in [0, 0.05) is 29.4 Å². The van der Waals surface area contributed by atoms with Crippen LogP contribution in [0.5, 0.6) is 0 Å². The number of benzene rings is 1. The van der Waals surface area contributed by atoms with Crippen molar-refractivity contribution in [1.82, 2.24) is 19.7 Å². The van der Waals surface area contributed by atoms with Crippen LogP contribution in [0.15, 0.2) is 29.4 Å². The lowest BCUT2D eigenvalue weighted by Crippen LogP contribution is -2.32. The first-order valence-corrected chi connectivity index (χ1v) is 8.62. The van der Waals surface area contributed by atoms with E-state index in [1.165, 1.54) is 11.2 Å². The standard InChI is InChI=1S/C17H25N5OS/c1-12-9-13(24-17(2,3)4)7-8-14(12)20-16(23)21(5)10-15-18-11-19-22(15)6/h7-9,11H,10H2,1-6H3,(H,20,23). The molecule has 1 aromatic heterocycles. The first-order valence-electron chi connectivity index (χ1n) is 7.80. The lowest BCUT2D eigenvalue weighted by Gasteiger charge is -2.20. The first-order chi connectivity index (χ1) is 11.2. The molecule has 130 valence electrons. The maximum Gasteiger partial charge on any atom is 0.321 e. The van der Waals surface area contributed by atoms with E-state index < -0.39 is 0 Å². The molecule has 0 atom stereocenters. The number of aromatic nitrogens is 3. The Bertz CT molecular complexity index is 720. The van der Waals surface area contributed by atoms with Crippen LogP contribution >= 0.6 is 11.8 Å². The number of anilines is 1. The Kier molecular flexibility index (Phi) is 5.54. The average Bonchev–Trinajstić information content (AvgIpc) is 2.85. The fourth-order valence-electron chi connectivity index (χ4n) is 2.15. The molecule has 1 aromatic carbocycles. The molecule has 2 aromatic rings. The van der Waals surface area contributed by atoms with E-state index in [4.69, 9.17) is 0 Å². The predicted molar refractivity (Wildman–Crippen MR) is 98.3 cm³/mol. The minimum absolute atomic E-state index is 0.160. The molecule has 2 amide bonds. The van der Waals surface area contributed by atoms with E-state index in [0.29, 0.717) is 6.54 Å². The van der Waals surface area contributed by atoms with Crippen LogP contribution in [0.4, 0.5) is 10.5 Å². The van der Waals surface area contributed by atoms with Crippen molar-refractivity contribution < 1.29 is 4.79 Å². The number of nitrogens with zero attached hydrogens (tertiary/aromatic N) is 4. The fourth-order valence-corrected chi connectivity index (χ4v) is 3.23. The fraction of sp³-hybridized carbons (Fsp3) is 0.471. The third kappa shape index (κ3) is 4.99. The summed E-state index contributed by atoms with van der Waals surface area (Å²) in [5.74, 6) is 0.737. The summed E-state index contributed by atoms with van der Waals surface area (Å²) in [6.07, 6.45) is 1.48. The van der Waals surface area contributed by atoms with E-state index in [1.54, 1.807) is 16.6 Å². The second kappa shape index (κ2) is 7.25. The van der Waals surface area contributed by atoms with Crippen LogP contribution in [0.1, 0.15) is 32.2 Å². The number of rotatable bonds is 4. The van der Waals surface area contributed by atoms with Crippen LogP contribution in [0.3, 0.4) is 0 Å². The molecule has 24 heavy (non-hydrogen) atoms. The van der Waals surface area contributed by atoms with Crippen LogP contribution in [-0.4, -0.2) is 37.5 Å². The lowest BCUT2D eigenvalue weighted by molar-refractivity contribution is 0.219. The highest BCUT2D eigenvalue weighted by Gasteiger charge is 2.15. The highest BCUT2D eigenvalue weighted by molar-refractivity contribution is 8.00. The van der Waals surface area contributed by atoms with Gasteiger partial charge in [0.15, 0.2) is 0 Å². The number of hydrogen-bond donors (Lipinski definition) is 1. The molecule has 0 aliphatic carbocycles. The van der Waals surface area contributed by atoms with Crippen molar-refractivity contribution in [3.05, 3.63) is 35.9 Å². The molecule has 1 heterocycles. The Morgan fingerprint density at radius 3 is 2.62 bits per heavy atom. The lowest BCUT2D eigenvalue weighted by atomic mass is 10.2. The van der Waals surface area contributed by atoms with E-state index >= 15 is 0 Å². The summed E-state index contributed by atoms with van der Waals surface area (Å²) < 4.78 is 1.82. The van der Waals surface area contributed by atoms with Gasteiger partial charge in [-0.15, -0.1) is 11.8 Å². The van der Waals surface area contributed by atoms with Crippen LogP contribution in [0.25, 0.3) is 0 Å². The smallest absolute Gasteiger partial charge is 0.320 e. The zero-order valence-corrected chi connectivity index (χ0v) is 15.9. The number of nitrogens with one attached hydrogen (secondary N) is 1. The third-order valence-corrected chi connectivity index (χ3v) is 4.50. The number of carbonyl (C=O) groups excluding carboxylic acids is 1. The van der Waals surface area contributed by atoms with Crippen LogP contribution in [0.2, 0.25) is 0 Å². The molecular formula is C17H25N5OS. The predicted octanol–water partition coefficient (Wildman–Crippen LogP) is 3.68. The average molecular weight is 347 g/mol. The molecule has 0 radical (unpaired) electrons. The van der Waals surface area contributed by atoms with Gasteiger partial charge < -0.3 is 10.2 Å². The van der Waals surface area contributed by atoms with Gasteiger partial charge in [0.2, 0.25) is 0 Å². The van der Waals surface area contributed by atoms with Gasteiger partial charge in [-0.2, -0.15) is 5.10 Å². The molecule has 7 heteroatoms. The Morgan fingerprint density at radius 1 is 1.38 bits per heavy atom. The van der Waals surface area contributed by atoms with Gasteiger partial charge >= 0.3 is 6.03 Å². The summed E-state index contributed by atoms with van der Waals surface area (Å²) in [5, 5.41) is 6.96.